The van der Waals surface area contributed by atoms with Crippen LogP contribution in [0.15, 0.2) is 18.2 Å². The van der Waals surface area contributed by atoms with Gasteiger partial charge in [0.1, 0.15) is 0 Å². The van der Waals surface area contributed by atoms with Crippen LogP contribution in [0.1, 0.15) is 5.56 Å². The second kappa shape index (κ2) is 4.38. The first-order valence-electron chi connectivity index (χ1n) is 3.07. The zero-order chi connectivity index (χ0) is 7.56. The number of aromatic hydroxyl groups is 1. The molecule has 0 spiro atoms. The molecule has 2 nitrogen and oxygen atoms in total. The van der Waals surface area contributed by atoms with E-state index < -0.39 is 0 Å². The molecule has 0 aromatic heterocycles. The van der Waals surface area contributed by atoms with Gasteiger partial charge in [0.05, 0.1) is 7.11 Å². The first kappa shape index (κ1) is 10.5. The Labute approximate surface area is 79.8 Å². The van der Waals surface area contributed by atoms with E-state index in [9.17, 15) is 0 Å². The van der Waals surface area contributed by atoms with Gasteiger partial charge in [0.2, 0.25) is 0 Å². The van der Waals surface area contributed by atoms with E-state index in [0.29, 0.717) is 5.75 Å². The Balaban J connectivity index is 0.000001000. The van der Waals surface area contributed by atoms with Crippen LogP contribution in [0.4, 0.5) is 0 Å². The molecule has 0 saturated heterocycles. The van der Waals surface area contributed by atoms with Crippen LogP contribution in [0, 0.1) is 6.92 Å². The fraction of sp³-hybridized carbons (Fsp3) is 0.250. The van der Waals surface area contributed by atoms with E-state index in [4.69, 9.17) is 9.84 Å². The Hall–Kier alpha value is -0.518. The van der Waals surface area contributed by atoms with Gasteiger partial charge in [0.15, 0.2) is 11.5 Å². The predicted octanol–water partition coefficient (Wildman–Crippen LogP) is 1.71. The molecule has 0 aliphatic heterocycles. The van der Waals surface area contributed by atoms with Gasteiger partial charge in [-0.2, -0.15) is 0 Å². The van der Waals surface area contributed by atoms with Crippen molar-refractivity contribution in [2.45, 2.75) is 6.92 Å². The molecular weight excluding hydrogens is 314 g/mol. The second-order valence-corrected chi connectivity index (χ2v) is 2.18. The molecule has 0 amide bonds. The number of hydrogen-bond acceptors (Lipinski definition) is 2. The SMILES string of the molecule is COc1ccc(C)cc1O.[Re]. The van der Waals surface area contributed by atoms with E-state index in [-0.39, 0.29) is 26.2 Å². The molecule has 11 heavy (non-hydrogen) atoms. The minimum Gasteiger partial charge on any atom is -0.504 e. The summed E-state index contributed by atoms with van der Waals surface area (Å²) in [6.45, 7) is 1.92. The number of rotatable bonds is 1. The van der Waals surface area contributed by atoms with Crippen LogP contribution in [0.2, 0.25) is 0 Å². The summed E-state index contributed by atoms with van der Waals surface area (Å²) < 4.78 is 4.85. The van der Waals surface area contributed by atoms with Crippen LogP contribution in [0.25, 0.3) is 0 Å². The standard InChI is InChI=1S/C8H10O2.Re/c1-6-3-4-8(10-2)7(9)5-6;/h3-5,9H,1-2H3;. The normalized spacial score (nSPS) is 8.55. The molecule has 0 atom stereocenters. The number of phenolic OH excluding ortho intramolecular Hbond substituents is 1. The molecule has 0 aliphatic carbocycles. The second-order valence-electron chi connectivity index (χ2n) is 2.18. The van der Waals surface area contributed by atoms with Gasteiger partial charge >= 0.3 is 0 Å². The Morgan fingerprint density at radius 3 is 2.45 bits per heavy atom. The third kappa shape index (κ3) is 2.53. The Bertz CT molecular complexity index is 236. The predicted molar refractivity (Wildman–Crippen MR) is 39.4 cm³/mol. The molecule has 0 unspecified atom stereocenters. The molecule has 1 aromatic rings. The molecule has 1 radical (unpaired) electrons. The summed E-state index contributed by atoms with van der Waals surface area (Å²) in [6, 6.07) is 5.29. The van der Waals surface area contributed by atoms with Gasteiger partial charge in [-0.15, -0.1) is 0 Å². The summed E-state index contributed by atoms with van der Waals surface area (Å²) in [5.41, 5.74) is 1.03. The van der Waals surface area contributed by atoms with E-state index in [2.05, 4.69) is 0 Å². The summed E-state index contributed by atoms with van der Waals surface area (Å²) in [7, 11) is 1.53. The van der Waals surface area contributed by atoms with Crippen molar-refractivity contribution in [3.8, 4) is 11.5 Å². The topological polar surface area (TPSA) is 29.5 Å². The van der Waals surface area contributed by atoms with Crippen molar-refractivity contribution in [1.29, 1.82) is 0 Å². The molecule has 0 fully saturated rings. The summed E-state index contributed by atoms with van der Waals surface area (Å²) >= 11 is 0. The first-order valence-corrected chi connectivity index (χ1v) is 3.07. The number of methoxy groups -OCH3 is 1. The minimum absolute atomic E-state index is 0. The van der Waals surface area contributed by atoms with E-state index in [1.807, 2.05) is 13.0 Å². The zero-order valence-corrected chi connectivity index (χ0v) is 9.18. The molecule has 1 rings (SSSR count). The number of benzene rings is 1. The van der Waals surface area contributed by atoms with Crippen LogP contribution in [0.5, 0.6) is 11.5 Å². The third-order valence-electron chi connectivity index (χ3n) is 1.33. The maximum Gasteiger partial charge on any atom is 0.160 e. The van der Waals surface area contributed by atoms with E-state index in [1.165, 1.54) is 7.11 Å². The van der Waals surface area contributed by atoms with Gasteiger partial charge in [0.25, 0.3) is 0 Å². The van der Waals surface area contributed by atoms with Crippen LogP contribution < -0.4 is 4.74 Å². The molecule has 61 valence electrons. The number of hydrogen-bond donors (Lipinski definition) is 1. The van der Waals surface area contributed by atoms with Crippen molar-refractivity contribution in [2.24, 2.45) is 0 Å². The Morgan fingerprint density at radius 1 is 1.36 bits per heavy atom. The zero-order valence-electron chi connectivity index (χ0n) is 6.47. The molecular formula is C8H10O2Re. The number of aryl methyl sites for hydroxylation is 1. The van der Waals surface area contributed by atoms with Crippen molar-refractivity contribution in [3.05, 3.63) is 23.8 Å². The molecule has 0 saturated carbocycles. The van der Waals surface area contributed by atoms with Crippen LogP contribution in [-0.2, 0) is 20.4 Å². The maximum absolute atomic E-state index is 9.17. The van der Waals surface area contributed by atoms with Gasteiger partial charge in [-0.1, -0.05) is 6.07 Å². The number of ether oxygens (including phenoxy) is 1. The molecule has 0 heterocycles. The molecule has 0 bridgehead atoms. The summed E-state index contributed by atoms with van der Waals surface area (Å²) in [6.07, 6.45) is 0. The van der Waals surface area contributed by atoms with Gasteiger partial charge in [-0.05, 0) is 24.6 Å². The average molecular weight is 324 g/mol. The fourth-order valence-corrected chi connectivity index (χ4v) is 0.800. The average Bonchev–Trinajstić information content (AvgIpc) is 1.88. The van der Waals surface area contributed by atoms with Crippen LogP contribution in [0.3, 0.4) is 0 Å². The number of phenols is 1. The van der Waals surface area contributed by atoms with E-state index in [1.54, 1.807) is 12.1 Å². The largest absolute Gasteiger partial charge is 0.504 e. The Kier molecular flexibility index (Phi) is 4.17. The van der Waals surface area contributed by atoms with Crippen LogP contribution >= 0.6 is 0 Å². The molecule has 3 heteroatoms. The van der Waals surface area contributed by atoms with E-state index >= 15 is 0 Å². The first-order chi connectivity index (χ1) is 4.74. The minimum atomic E-state index is 0. The quantitative estimate of drug-likeness (QED) is 0.852. The maximum atomic E-state index is 9.17. The van der Waals surface area contributed by atoms with Crippen molar-refractivity contribution < 1.29 is 30.3 Å². The summed E-state index contributed by atoms with van der Waals surface area (Å²) in [5, 5.41) is 9.17. The third-order valence-corrected chi connectivity index (χ3v) is 1.33. The van der Waals surface area contributed by atoms with Gasteiger partial charge in [-0.25, -0.2) is 0 Å². The van der Waals surface area contributed by atoms with Crippen molar-refractivity contribution in [2.75, 3.05) is 7.11 Å². The Morgan fingerprint density at radius 2 is 2.00 bits per heavy atom. The van der Waals surface area contributed by atoms with Crippen molar-refractivity contribution >= 4 is 0 Å². The molecule has 0 aliphatic rings. The summed E-state index contributed by atoms with van der Waals surface area (Å²) in [5.74, 6) is 0.716. The van der Waals surface area contributed by atoms with Gasteiger partial charge in [-0.3, -0.25) is 0 Å². The smallest absolute Gasteiger partial charge is 0.160 e. The fourth-order valence-electron chi connectivity index (χ4n) is 0.800. The van der Waals surface area contributed by atoms with Crippen molar-refractivity contribution in [1.82, 2.24) is 0 Å². The van der Waals surface area contributed by atoms with E-state index in [0.717, 1.165) is 5.56 Å². The van der Waals surface area contributed by atoms with Crippen molar-refractivity contribution in [3.63, 3.8) is 0 Å². The van der Waals surface area contributed by atoms with Gasteiger partial charge in [0, 0.05) is 20.4 Å². The van der Waals surface area contributed by atoms with Gasteiger partial charge < -0.3 is 9.84 Å². The molecule has 1 N–H and O–H groups in total. The summed E-state index contributed by atoms with van der Waals surface area (Å²) in [4.78, 5) is 0. The monoisotopic (exact) mass is 325 g/mol. The molecule has 1 aromatic carbocycles. The van der Waals surface area contributed by atoms with Crippen LogP contribution in [-0.4, -0.2) is 12.2 Å².